The van der Waals surface area contributed by atoms with Crippen LogP contribution in [0.25, 0.3) is 10.9 Å². The Morgan fingerprint density at radius 2 is 1.68 bits per heavy atom. The van der Waals surface area contributed by atoms with Gasteiger partial charge in [0.25, 0.3) is 11.6 Å². The number of amides is 1. The molecule has 7 nitrogen and oxygen atoms in total. The number of primary amides is 1. The van der Waals surface area contributed by atoms with Crippen LogP contribution in [0.4, 0.5) is 5.69 Å². The van der Waals surface area contributed by atoms with Gasteiger partial charge in [0.1, 0.15) is 5.69 Å². The summed E-state index contributed by atoms with van der Waals surface area (Å²) in [6.45, 7) is 1.20. The predicted molar refractivity (Wildman–Crippen MR) is 121 cm³/mol. The average molecular weight is 433 g/mol. The summed E-state index contributed by atoms with van der Waals surface area (Å²) < 4.78 is 0. The number of hydrogen-bond acceptors (Lipinski definition) is 5. The van der Waals surface area contributed by atoms with Gasteiger partial charge >= 0.3 is 0 Å². The fourth-order valence-corrected chi connectivity index (χ4v) is 4.37. The van der Waals surface area contributed by atoms with Crippen LogP contribution in [-0.4, -0.2) is 15.8 Å². The molecule has 0 radical (unpaired) electrons. The fourth-order valence-electron chi connectivity index (χ4n) is 3.30. The zero-order chi connectivity index (χ0) is 21.8. The molecule has 4 aromatic rings. The molecule has 0 spiro atoms. The van der Waals surface area contributed by atoms with E-state index in [-0.39, 0.29) is 5.69 Å². The van der Waals surface area contributed by atoms with Crippen molar-refractivity contribution in [1.29, 1.82) is 0 Å². The van der Waals surface area contributed by atoms with Crippen LogP contribution in [0.15, 0.2) is 82.6 Å². The maximum Gasteiger partial charge on any atom is 0.269 e. The highest BCUT2D eigenvalue weighted by Gasteiger charge is 2.17. The quantitative estimate of drug-likeness (QED) is 0.278. The van der Waals surface area contributed by atoms with Gasteiger partial charge in [-0.05, 0) is 29.3 Å². The summed E-state index contributed by atoms with van der Waals surface area (Å²) in [6.07, 6.45) is 0. The topological polar surface area (TPSA) is 114 Å². The van der Waals surface area contributed by atoms with Gasteiger partial charge in [0, 0.05) is 41.0 Å². The summed E-state index contributed by atoms with van der Waals surface area (Å²) in [5, 5.41) is 15.0. The Balaban J connectivity index is 1.50. The molecule has 1 amide bonds. The second kappa shape index (κ2) is 9.03. The first-order valence-electron chi connectivity index (χ1n) is 9.62. The van der Waals surface area contributed by atoms with Gasteiger partial charge in [-0.2, -0.15) is 0 Å². The van der Waals surface area contributed by atoms with Gasteiger partial charge in [0.05, 0.1) is 9.82 Å². The van der Waals surface area contributed by atoms with Crippen LogP contribution in [0.1, 0.15) is 21.6 Å². The van der Waals surface area contributed by atoms with Gasteiger partial charge < -0.3 is 16.0 Å². The molecule has 0 aliphatic heterocycles. The molecule has 156 valence electrons. The molecule has 1 aromatic heterocycles. The number of rotatable bonds is 8. The maximum atomic E-state index is 12.0. The first-order chi connectivity index (χ1) is 15.0. The van der Waals surface area contributed by atoms with Crippen LogP contribution in [0.5, 0.6) is 0 Å². The number of fused-ring (bicyclic) bond motifs is 1. The van der Waals surface area contributed by atoms with Crippen molar-refractivity contribution < 1.29 is 9.72 Å². The second-order valence-electron chi connectivity index (χ2n) is 7.02. The molecule has 4 N–H and O–H groups in total. The van der Waals surface area contributed by atoms with Gasteiger partial charge in [-0.25, -0.2) is 0 Å². The first-order valence-corrected chi connectivity index (χ1v) is 10.4. The first kappa shape index (κ1) is 20.6. The molecule has 0 unspecified atom stereocenters. The SMILES string of the molecule is NC(=O)c1[nH]c2cc(CNCc3ccc([N+](=O)[O-])cc3)ccc2c1Sc1ccccc1. The van der Waals surface area contributed by atoms with E-state index >= 15 is 0 Å². The van der Waals surface area contributed by atoms with Crippen LogP contribution in [0.2, 0.25) is 0 Å². The molecular weight excluding hydrogens is 412 g/mol. The van der Waals surface area contributed by atoms with E-state index in [1.807, 2.05) is 48.5 Å². The molecule has 4 rings (SSSR count). The number of aromatic nitrogens is 1. The number of non-ortho nitro benzene ring substituents is 1. The van der Waals surface area contributed by atoms with Crippen LogP contribution < -0.4 is 11.1 Å². The minimum atomic E-state index is -0.493. The van der Waals surface area contributed by atoms with E-state index in [1.165, 1.54) is 23.9 Å². The van der Waals surface area contributed by atoms with Gasteiger partial charge in [-0.3, -0.25) is 14.9 Å². The number of nitro groups is 1. The average Bonchev–Trinajstić information content (AvgIpc) is 3.13. The summed E-state index contributed by atoms with van der Waals surface area (Å²) in [5.74, 6) is -0.493. The maximum absolute atomic E-state index is 12.0. The van der Waals surface area contributed by atoms with Gasteiger partial charge in [-0.1, -0.05) is 54.2 Å². The highest BCUT2D eigenvalue weighted by Crippen LogP contribution is 2.36. The van der Waals surface area contributed by atoms with Crippen molar-refractivity contribution in [3.63, 3.8) is 0 Å². The van der Waals surface area contributed by atoms with Crippen LogP contribution in [0.3, 0.4) is 0 Å². The van der Waals surface area contributed by atoms with Crippen molar-refractivity contribution in [2.75, 3.05) is 0 Å². The Bertz CT molecular complexity index is 1240. The largest absolute Gasteiger partial charge is 0.364 e. The molecule has 3 aromatic carbocycles. The molecular formula is C23H20N4O3S. The van der Waals surface area contributed by atoms with Crippen LogP contribution in [-0.2, 0) is 13.1 Å². The van der Waals surface area contributed by atoms with Gasteiger partial charge in [0.15, 0.2) is 0 Å². The van der Waals surface area contributed by atoms with E-state index in [9.17, 15) is 14.9 Å². The number of nitrogens with two attached hydrogens (primary N) is 1. The summed E-state index contributed by atoms with van der Waals surface area (Å²) in [5.41, 5.74) is 8.94. The summed E-state index contributed by atoms with van der Waals surface area (Å²) in [6, 6.07) is 22.3. The number of hydrogen-bond donors (Lipinski definition) is 3. The molecule has 0 atom stereocenters. The molecule has 0 bridgehead atoms. The molecule has 0 fully saturated rings. The number of nitrogens with one attached hydrogen (secondary N) is 2. The van der Waals surface area contributed by atoms with Gasteiger partial charge in [0.2, 0.25) is 0 Å². The monoisotopic (exact) mass is 432 g/mol. The van der Waals surface area contributed by atoms with E-state index in [4.69, 9.17) is 5.73 Å². The van der Waals surface area contributed by atoms with E-state index in [0.29, 0.717) is 18.8 Å². The van der Waals surface area contributed by atoms with Crippen molar-refractivity contribution in [1.82, 2.24) is 10.3 Å². The van der Waals surface area contributed by atoms with Crippen molar-refractivity contribution in [3.8, 4) is 0 Å². The third-order valence-corrected chi connectivity index (χ3v) is 5.97. The molecule has 8 heteroatoms. The van der Waals surface area contributed by atoms with Crippen molar-refractivity contribution in [2.24, 2.45) is 5.73 Å². The third kappa shape index (κ3) is 4.76. The Morgan fingerprint density at radius 3 is 2.35 bits per heavy atom. The number of nitrogens with zero attached hydrogens (tertiary/aromatic N) is 1. The predicted octanol–water partition coefficient (Wildman–Crippen LogP) is 4.62. The van der Waals surface area contributed by atoms with Crippen LogP contribution in [0, 0.1) is 10.1 Å². The highest BCUT2D eigenvalue weighted by molar-refractivity contribution is 7.99. The fraction of sp³-hybridized carbons (Fsp3) is 0.0870. The molecule has 0 aliphatic rings. The number of H-pyrrole nitrogens is 1. The smallest absolute Gasteiger partial charge is 0.269 e. The van der Waals surface area contributed by atoms with Crippen molar-refractivity contribution in [2.45, 2.75) is 22.9 Å². The zero-order valence-electron chi connectivity index (χ0n) is 16.5. The van der Waals surface area contributed by atoms with E-state index in [1.54, 1.807) is 12.1 Å². The van der Waals surface area contributed by atoms with Gasteiger partial charge in [-0.15, -0.1) is 0 Å². The number of aromatic amines is 1. The lowest BCUT2D eigenvalue weighted by atomic mass is 10.1. The van der Waals surface area contributed by atoms with E-state index < -0.39 is 10.8 Å². The zero-order valence-corrected chi connectivity index (χ0v) is 17.3. The lowest BCUT2D eigenvalue weighted by Crippen LogP contribution is -2.12. The van der Waals surface area contributed by atoms with E-state index in [2.05, 4.69) is 10.3 Å². The third-order valence-electron chi connectivity index (χ3n) is 4.83. The standard InChI is InChI=1S/C23H20N4O3S/c24-23(28)21-22(31-18-4-2-1-3-5-18)19-11-8-16(12-20(19)26-21)14-25-13-15-6-9-17(10-7-15)27(29)30/h1-12,25-26H,13-14H2,(H2,24,28). The number of carbonyl (C=O) groups excluding carboxylic acids is 1. The molecule has 0 saturated heterocycles. The second-order valence-corrected chi connectivity index (χ2v) is 8.10. The Kier molecular flexibility index (Phi) is 6.01. The number of nitro benzene ring substituents is 1. The summed E-state index contributed by atoms with van der Waals surface area (Å²) in [4.78, 5) is 27.3. The van der Waals surface area contributed by atoms with E-state index in [0.717, 1.165) is 31.8 Å². The molecule has 31 heavy (non-hydrogen) atoms. The molecule has 0 saturated carbocycles. The Labute approximate surface area is 182 Å². The molecule has 1 heterocycles. The Morgan fingerprint density at radius 1 is 1.00 bits per heavy atom. The van der Waals surface area contributed by atoms with Crippen molar-refractivity contribution >= 4 is 34.3 Å². The normalized spacial score (nSPS) is 11.0. The minimum absolute atomic E-state index is 0.0791. The number of carbonyl (C=O) groups is 1. The lowest BCUT2D eigenvalue weighted by Gasteiger charge is -2.06. The molecule has 0 aliphatic carbocycles. The van der Waals surface area contributed by atoms with Crippen molar-refractivity contribution in [3.05, 3.63) is 99.7 Å². The van der Waals surface area contributed by atoms with Crippen LogP contribution >= 0.6 is 11.8 Å². The summed E-state index contributed by atoms with van der Waals surface area (Å²) in [7, 11) is 0. The Hall–Kier alpha value is -3.62. The number of benzene rings is 3. The summed E-state index contributed by atoms with van der Waals surface area (Å²) >= 11 is 1.51. The highest BCUT2D eigenvalue weighted by atomic mass is 32.2. The lowest BCUT2D eigenvalue weighted by molar-refractivity contribution is -0.384. The minimum Gasteiger partial charge on any atom is -0.364 e.